The van der Waals surface area contributed by atoms with Gasteiger partial charge in [0.05, 0.1) is 11.4 Å². The predicted octanol–water partition coefficient (Wildman–Crippen LogP) is 6.22. The normalized spacial score (nSPS) is 12.0. The van der Waals surface area contributed by atoms with Gasteiger partial charge in [-0.15, -0.1) is 11.3 Å². The van der Waals surface area contributed by atoms with Crippen LogP contribution in [0, 0.1) is 18.2 Å². The van der Waals surface area contributed by atoms with Crippen LogP contribution in [0.2, 0.25) is 0 Å². The van der Waals surface area contributed by atoms with Gasteiger partial charge in [-0.3, -0.25) is 0 Å². The Bertz CT molecular complexity index is 1230. The number of nitrogens with zero attached hydrogens (tertiary/aromatic N) is 1. The van der Waals surface area contributed by atoms with E-state index in [1.54, 1.807) is 43.3 Å². The molecule has 1 N–H and O–H groups in total. The second-order valence-corrected chi connectivity index (χ2v) is 12.1. The average molecular weight is 476 g/mol. The molecule has 170 valence electrons. The molecule has 1 amide bonds. The number of carbonyl (C=O) groups is 1. The van der Waals surface area contributed by atoms with Gasteiger partial charge in [-0.2, -0.15) is 0 Å². The fourth-order valence-electron chi connectivity index (χ4n) is 3.49. The third kappa shape index (κ3) is 5.02. The molecule has 1 heterocycles. The van der Waals surface area contributed by atoms with E-state index in [4.69, 9.17) is 0 Å². The lowest BCUT2D eigenvalue weighted by molar-refractivity contribution is 0.123. The molecule has 0 saturated heterocycles. The van der Waals surface area contributed by atoms with Crippen molar-refractivity contribution in [3.63, 3.8) is 0 Å². The molecule has 3 rings (SSSR count). The summed E-state index contributed by atoms with van der Waals surface area (Å²) in [4.78, 5) is 13.8. The van der Waals surface area contributed by atoms with Crippen LogP contribution >= 0.6 is 11.3 Å². The number of rotatable bonds is 6. The van der Waals surface area contributed by atoms with Gasteiger partial charge in [-0.1, -0.05) is 57.2 Å². The maximum Gasteiger partial charge on any atom is 0.407 e. The monoisotopic (exact) mass is 475 g/mol. The summed E-state index contributed by atoms with van der Waals surface area (Å²) in [5.74, 6) is -0.533. The Kier molecular flexibility index (Phi) is 6.76. The van der Waals surface area contributed by atoms with Gasteiger partial charge < -0.3 is 10.0 Å². The second-order valence-electron chi connectivity index (χ2n) is 8.81. The van der Waals surface area contributed by atoms with Crippen LogP contribution in [0.15, 0.2) is 63.7 Å². The quantitative estimate of drug-likeness (QED) is 0.459. The van der Waals surface area contributed by atoms with E-state index < -0.39 is 21.7 Å². The van der Waals surface area contributed by atoms with Crippen molar-refractivity contribution in [2.75, 3.05) is 6.54 Å². The molecule has 1 aromatic heterocycles. The number of hydrogen-bond acceptors (Lipinski definition) is 4. The first kappa shape index (κ1) is 23.9. The summed E-state index contributed by atoms with van der Waals surface area (Å²) in [6.07, 6.45) is -1.09. The van der Waals surface area contributed by atoms with Crippen molar-refractivity contribution in [3.05, 3.63) is 70.9 Å². The summed E-state index contributed by atoms with van der Waals surface area (Å²) in [5.41, 5.74) is 0.749. The molecule has 5 nitrogen and oxygen atoms in total. The van der Waals surface area contributed by atoms with E-state index in [2.05, 4.69) is 0 Å². The standard InChI is InChI=1S/C24H26FNO4S2/c1-16-20(14-26(23(27)28)15-24(2,3)4)31-22(21(16)18-12-8-9-13-19(18)25)32(29,30)17-10-6-5-7-11-17/h5-13H,14-15H2,1-4H3,(H,27,28). The van der Waals surface area contributed by atoms with E-state index in [1.165, 1.54) is 23.1 Å². The summed E-state index contributed by atoms with van der Waals surface area (Å²) in [6.45, 7) is 7.81. The molecule has 0 spiro atoms. The summed E-state index contributed by atoms with van der Waals surface area (Å²) in [6, 6.07) is 14.0. The Morgan fingerprint density at radius 1 is 1.06 bits per heavy atom. The van der Waals surface area contributed by atoms with Crippen molar-refractivity contribution in [2.24, 2.45) is 5.41 Å². The lowest BCUT2D eigenvalue weighted by Gasteiger charge is -2.27. The molecule has 32 heavy (non-hydrogen) atoms. The number of halogens is 1. The van der Waals surface area contributed by atoms with E-state index >= 15 is 0 Å². The number of thiophene rings is 1. The van der Waals surface area contributed by atoms with Crippen molar-refractivity contribution < 1.29 is 22.7 Å². The van der Waals surface area contributed by atoms with Crippen molar-refractivity contribution >= 4 is 27.3 Å². The number of sulfone groups is 1. The van der Waals surface area contributed by atoms with Gasteiger partial charge in [0.15, 0.2) is 0 Å². The molecule has 8 heteroatoms. The number of benzene rings is 2. The van der Waals surface area contributed by atoms with Gasteiger partial charge in [0.1, 0.15) is 10.0 Å². The van der Waals surface area contributed by atoms with Crippen LogP contribution < -0.4 is 0 Å². The molecule has 0 atom stereocenters. The van der Waals surface area contributed by atoms with Crippen molar-refractivity contribution in [1.82, 2.24) is 4.90 Å². The van der Waals surface area contributed by atoms with Crippen LogP contribution in [-0.2, 0) is 16.4 Å². The van der Waals surface area contributed by atoms with E-state index in [-0.39, 0.29) is 38.7 Å². The van der Waals surface area contributed by atoms with Crippen molar-refractivity contribution in [1.29, 1.82) is 0 Å². The first-order valence-corrected chi connectivity index (χ1v) is 12.4. The van der Waals surface area contributed by atoms with Gasteiger partial charge in [0, 0.05) is 22.5 Å². The SMILES string of the molecule is Cc1c(CN(CC(C)(C)C)C(=O)O)sc(S(=O)(=O)c2ccccc2)c1-c1ccccc1F. The fraction of sp³-hybridized carbons (Fsp3) is 0.292. The lowest BCUT2D eigenvalue weighted by atomic mass is 9.96. The van der Waals surface area contributed by atoms with Gasteiger partial charge in [-0.25, -0.2) is 17.6 Å². The third-order valence-corrected chi connectivity index (χ3v) is 8.49. The minimum absolute atomic E-state index is 0.0161. The predicted molar refractivity (Wildman–Crippen MR) is 124 cm³/mol. The first-order valence-electron chi connectivity index (χ1n) is 10.1. The molecule has 2 aromatic carbocycles. The van der Waals surface area contributed by atoms with Gasteiger partial charge in [-0.05, 0) is 36.1 Å². The van der Waals surface area contributed by atoms with E-state index in [1.807, 2.05) is 20.8 Å². The highest BCUT2D eigenvalue weighted by Gasteiger charge is 2.31. The van der Waals surface area contributed by atoms with Crippen LogP contribution in [0.25, 0.3) is 11.1 Å². The highest BCUT2D eigenvalue weighted by atomic mass is 32.2. The minimum atomic E-state index is -3.94. The number of hydrogen-bond donors (Lipinski definition) is 1. The molecule has 0 aliphatic heterocycles. The van der Waals surface area contributed by atoms with Crippen molar-refractivity contribution in [2.45, 2.75) is 43.3 Å². The molecule has 0 bridgehead atoms. The Hall–Kier alpha value is -2.71. The van der Waals surface area contributed by atoms with Crippen molar-refractivity contribution in [3.8, 4) is 11.1 Å². The Balaban J connectivity index is 2.21. The maximum absolute atomic E-state index is 14.8. The van der Waals surface area contributed by atoms with Crippen LogP contribution in [-0.4, -0.2) is 31.1 Å². The summed E-state index contributed by atoms with van der Waals surface area (Å²) in [5, 5.41) is 9.72. The largest absolute Gasteiger partial charge is 0.465 e. The van der Waals surface area contributed by atoms with Crippen LogP contribution in [0.5, 0.6) is 0 Å². The number of amides is 1. The van der Waals surface area contributed by atoms with E-state index in [0.717, 1.165) is 11.3 Å². The molecule has 3 aromatic rings. The van der Waals surface area contributed by atoms with E-state index in [0.29, 0.717) is 10.4 Å². The average Bonchev–Trinajstić information content (AvgIpc) is 3.04. The zero-order valence-corrected chi connectivity index (χ0v) is 20.1. The zero-order chi connectivity index (χ0) is 23.7. The summed E-state index contributed by atoms with van der Waals surface area (Å²) in [7, 11) is -3.94. The molecule has 0 aliphatic rings. The minimum Gasteiger partial charge on any atom is -0.465 e. The number of carboxylic acid groups (broad SMARTS) is 1. The Labute approximate surface area is 192 Å². The lowest BCUT2D eigenvalue weighted by Crippen LogP contribution is -2.36. The van der Waals surface area contributed by atoms with Gasteiger partial charge in [0.25, 0.3) is 0 Å². The molecular weight excluding hydrogens is 449 g/mol. The molecule has 0 radical (unpaired) electrons. The highest BCUT2D eigenvalue weighted by Crippen LogP contribution is 2.43. The van der Waals surface area contributed by atoms with Gasteiger partial charge >= 0.3 is 6.09 Å². The molecular formula is C24H26FNO4S2. The molecule has 0 fully saturated rings. The first-order chi connectivity index (χ1) is 14.9. The van der Waals surface area contributed by atoms with E-state index in [9.17, 15) is 22.7 Å². The smallest absolute Gasteiger partial charge is 0.407 e. The topological polar surface area (TPSA) is 74.7 Å². The third-order valence-electron chi connectivity index (χ3n) is 4.92. The molecule has 0 unspecified atom stereocenters. The Morgan fingerprint density at radius 2 is 1.66 bits per heavy atom. The Morgan fingerprint density at radius 3 is 2.22 bits per heavy atom. The maximum atomic E-state index is 14.8. The summed E-state index contributed by atoms with van der Waals surface area (Å²) < 4.78 is 41.8. The highest BCUT2D eigenvalue weighted by molar-refractivity contribution is 7.93. The fourth-order valence-corrected chi connectivity index (χ4v) is 6.85. The van der Waals surface area contributed by atoms with Crippen LogP contribution in [0.3, 0.4) is 0 Å². The second kappa shape index (κ2) is 9.03. The molecule has 0 saturated carbocycles. The van der Waals surface area contributed by atoms with Gasteiger partial charge in [0.2, 0.25) is 9.84 Å². The summed E-state index contributed by atoms with van der Waals surface area (Å²) >= 11 is 1.00. The van der Waals surface area contributed by atoms with Crippen LogP contribution in [0.4, 0.5) is 9.18 Å². The van der Waals surface area contributed by atoms with Crippen LogP contribution in [0.1, 0.15) is 31.2 Å². The zero-order valence-electron chi connectivity index (χ0n) is 18.4. The molecule has 0 aliphatic carbocycles.